The van der Waals surface area contributed by atoms with Gasteiger partial charge in [0, 0.05) is 7.05 Å². The van der Waals surface area contributed by atoms with E-state index in [1.807, 2.05) is 6.92 Å². The van der Waals surface area contributed by atoms with Gasteiger partial charge in [-0.25, -0.2) is 5.14 Å². The van der Waals surface area contributed by atoms with Crippen LogP contribution in [0.15, 0.2) is 6.20 Å². The first-order valence-electron chi connectivity index (χ1n) is 3.55. The molecule has 6 nitrogen and oxygen atoms in total. The quantitative estimate of drug-likeness (QED) is 0.717. The molecular formula is C6H11N3O3S. The Morgan fingerprint density at radius 1 is 1.69 bits per heavy atom. The molecule has 0 aromatic carbocycles. The minimum absolute atomic E-state index is 0.0822. The maximum atomic E-state index is 10.5. The first-order valence-corrected chi connectivity index (χ1v) is 5.02. The number of nitrogens with two attached hydrogens (primary N) is 1. The SMILES string of the molecule is Cc1cnn(C)c1COS(N)(=O)=O. The van der Waals surface area contributed by atoms with Crippen molar-refractivity contribution in [1.82, 2.24) is 9.78 Å². The molecule has 13 heavy (non-hydrogen) atoms. The molecule has 0 atom stereocenters. The molecule has 0 bridgehead atoms. The average Bonchev–Trinajstić information content (AvgIpc) is 2.27. The predicted molar refractivity (Wildman–Crippen MR) is 45.8 cm³/mol. The van der Waals surface area contributed by atoms with Crippen LogP contribution in [0.3, 0.4) is 0 Å². The second-order valence-electron chi connectivity index (χ2n) is 2.65. The van der Waals surface area contributed by atoms with E-state index in [0.29, 0.717) is 5.69 Å². The Bertz CT molecular complexity index is 376. The molecule has 1 rings (SSSR count). The Labute approximate surface area is 76.6 Å². The van der Waals surface area contributed by atoms with Crippen molar-refractivity contribution in [2.75, 3.05) is 0 Å². The molecule has 74 valence electrons. The highest BCUT2D eigenvalue weighted by molar-refractivity contribution is 7.84. The van der Waals surface area contributed by atoms with Crippen LogP contribution < -0.4 is 5.14 Å². The Morgan fingerprint density at radius 2 is 2.31 bits per heavy atom. The molecule has 0 saturated heterocycles. The smallest absolute Gasteiger partial charge is 0.270 e. The second-order valence-corrected chi connectivity index (χ2v) is 3.87. The van der Waals surface area contributed by atoms with Crippen LogP contribution in [0, 0.1) is 6.92 Å². The summed E-state index contributed by atoms with van der Waals surface area (Å²) in [5.41, 5.74) is 1.56. The van der Waals surface area contributed by atoms with Gasteiger partial charge in [0.2, 0.25) is 0 Å². The number of aryl methyl sites for hydroxylation is 2. The fourth-order valence-corrected chi connectivity index (χ4v) is 1.19. The molecule has 1 aromatic heterocycles. The van der Waals surface area contributed by atoms with Gasteiger partial charge in [0.05, 0.1) is 11.9 Å². The van der Waals surface area contributed by atoms with Crippen LogP contribution >= 0.6 is 0 Å². The van der Waals surface area contributed by atoms with Crippen LogP contribution in [0.2, 0.25) is 0 Å². The Kier molecular flexibility index (Phi) is 2.69. The highest BCUT2D eigenvalue weighted by Crippen LogP contribution is 2.07. The Hall–Kier alpha value is -0.920. The zero-order chi connectivity index (χ0) is 10.1. The van der Waals surface area contributed by atoms with Gasteiger partial charge in [-0.2, -0.15) is 13.5 Å². The molecule has 0 aliphatic heterocycles. The van der Waals surface area contributed by atoms with Gasteiger partial charge in [0.25, 0.3) is 0 Å². The van der Waals surface area contributed by atoms with Crippen LogP contribution in [0.5, 0.6) is 0 Å². The van der Waals surface area contributed by atoms with Gasteiger partial charge < -0.3 is 0 Å². The maximum Gasteiger partial charge on any atom is 0.333 e. The monoisotopic (exact) mass is 205 g/mol. The molecule has 0 radical (unpaired) electrons. The van der Waals surface area contributed by atoms with Gasteiger partial charge in [-0.1, -0.05) is 0 Å². The molecule has 2 N–H and O–H groups in total. The fraction of sp³-hybridized carbons (Fsp3) is 0.500. The van der Waals surface area contributed by atoms with Crippen molar-refractivity contribution in [3.8, 4) is 0 Å². The van der Waals surface area contributed by atoms with E-state index in [1.165, 1.54) is 0 Å². The van der Waals surface area contributed by atoms with Gasteiger partial charge in [-0.3, -0.25) is 8.86 Å². The third kappa shape index (κ3) is 2.79. The van der Waals surface area contributed by atoms with E-state index in [2.05, 4.69) is 14.4 Å². The van der Waals surface area contributed by atoms with E-state index in [1.54, 1.807) is 17.9 Å². The molecular weight excluding hydrogens is 194 g/mol. The lowest BCUT2D eigenvalue weighted by Crippen LogP contribution is -2.16. The number of rotatable bonds is 3. The Balaban J connectivity index is 2.75. The minimum Gasteiger partial charge on any atom is -0.270 e. The summed E-state index contributed by atoms with van der Waals surface area (Å²) in [6, 6.07) is 0. The van der Waals surface area contributed by atoms with Crippen molar-refractivity contribution in [2.45, 2.75) is 13.5 Å². The topological polar surface area (TPSA) is 87.2 Å². The van der Waals surface area contributed by atoms with Crippen LogP contribution in [0.1, 0.15) is 11.3 Å². The lowest BCUT2D eigenvalue weighted by Gasteiger charge is -2.02. The van der Waals surface area contributed by atoms with Crippen molar-refractivity contribution >= 4 is 10.3 Å². The Morgan fingerprint density at radius 3 is 2.69 bits per heavy atom. The molecule has 0 amide bonds. The number of hydrogen-bond donors (Lipinski definition) is 1. The number of aromatic nitrogens is 2. The lowest BCUT2D eigenvalue weighted by atomic mass is 10.3. The molecule has 1 aromatic rings. The van der Waals surface area contributed by atoms with E-state index < -0.39 is 10.3 Å². The number of hydrogen-bond acceptors (Lipinski definition) is 4. The highest BCUT2D eigenvalue weighted by atomic mass is 32.2. The summed E-state index contributed by atoms with van der Waals surface area (Å²) in [7, 11) is -2.17. The summed E-state index contributed by atoms with van der Waals surface area (Å²) in [6.07, 6.45) is 1.63. The van der Waals surface area contributed by atoms with Gasteiger partial charge in [-0.05, 0) is 12.5 Å². The standard InChI is InChI=1S/C6H11N3O3S/c1-5-3-8-9(2)6(5)4-12-13(7,10)11/h3H,4H2,1-2H3,(H2,7,10,11). The number of nitrogens with zero attached hydrogens (tertiary/aromatic N) is 2. The zero-order valence-electron chi connectivity index (χ0n) is 7.39. The molecule has 0 fully saturated rings. The first-order chi connectivity index (χ1) is 5.90. The molecule has 0 aliphatic rings. The lowest BCUT2D eigenvalue weighted by molar-refractivity contribution is 0.297. The van der Waals surface area contributed by atoms with Gasteiger partial charge >= 0.3 is 10.3 Å². The molecule has 1 heterocycles. The molecule has 7 heteroatoms. The predicted octanol–water partition coefficient (Wildman–Crippen LogP) is -0.551. The largest absolute Gasteiger partial charge is 0.333 e. The summed E-state index contributed by atoms with van der Waals surface area (Å²) >= 11 is 0. The normalized spacial score (nSPS) is 11.9. The third-order valence-electron chi connectivity index (χ3n) is 1.63. The summed E-state index contributed by atoms with van der Waals surface area (Å²) < 4.78 is 26.9. The summed E-state index contributed by atoms with van der Waals surface area (Å²) in [6.45, 7) is 1.73. The molecule has 0 spiro atoms. The third-order valence-corrected chi connectivity index (χ3v) is 2.08. The van der Waals surface area contributed by atoms with Crippen molar-refractivity contribution < 1.29 is 12.6 Å². The van der Waals surface area contributed by atoms with Crippen molar-refractivity contribution in [2.24, 2.45) is 12.2 Å². The minimum atomic E-state index is -3.87. The summed E-state index contributed by atoms with van der Waals surface area (Å²) in [5.74, 6) is 0. The van der Waals surface area contributed by atoms with Gasteiger partial charge in [0.1, 0.15) is 6.61 Å². The van der Waals surface area contributed by atoms with Crippen LogP contribution in [-0.4, -0.2) is 18.2 Å². The first kappa shape index (κ1) is 10.2. The summed E-state index contributed by atoms with van der Waals surface area (Å²) in [5, 5.41) is 8.59. The van der Waals surface area contributed by atoms with E-state index >= 15 is 0 Å². The van der Waals surface area contributed by atoms with E-state index in [4.69, 9.17) is 0 Å². The average molecular weight is 205 g/mol. The van der Waals surface area contributed by atoms with Crippen molar-refractivity contribution in [1.29, 1.82) is 0 Å². The van der Waals surface area contributed by atoms with Crippen molar-refractivity contribution in [3.63, 3.8) is 0 Å². The van der Waals surface area contributed by atoms with Crippen LogP contribution in [-0.2, 0) is 28.1 Å². The molecule has 0 aliphatic carbocycles. The van der Waals surface area contributed by atoms with E-state index in [-0.39, 0.29) is 6.61 Å². The fourth-order valence-electron chi connectivity index (χ4n) is 0.918. The van der Waals surface area contributed by atoms with E-state index in [0.717, 1.165) is 5.56 Å². The summed E-state index contributed by atoms with van der Waals surface area (Å²) in [4.78, 5) is 0. The van der Waals surface area contributed by atoms with Gasteiger partial charge in [0.15, 0.2) is 0 Å². The van der Waals surface area contributed by atoms with E-state index in [9.17, 15) is 8.42 Å². The maximum absolute atomic E-state index is 10.5. The van der Waals surface area contributed by atoms with Crippen molar-refractivity contribution in [3.05, 3.63) is 17.5 Å². The zero-order valence-corrected chi connectivity index (χ0v) is 8.21. The van der Waals surface area contributed by atoms with Crippen LogP contribution in [0.25, 0.3) is 0 Å². The second kappa shape index (κ2) is 3.44. The molecule has 0 saturated carbocycles. The van der Waals surface area contributed by atoms with Crippen LogP contribution in [0.4, 0.5) is 0 Å². The molecule has 0 unspecified atom stereocenters. The highest BCUT2D eigenvalue weighted by Gasteiger charge is 2.08. The van der Waals surface area contributed by atoms with Gasteiger partial charge in [-0.15, -0.1) is 0 Å².